The summed E-state index contributed by atoms with van der Waals surface area (Å²) in [5.74, 6) is 0.539. The lowest BCUT2D eigenvalue weighted by Gasteiger charge is -2.32. The van der Waals surface area contributed by atoms with Gasteiger partial charge < -0.3 is 9.64 Å². The minimum absolute atomic E-state index is 0.269. The van der Waals surface area contributed by atoms with Gasteiger partial charge in [-0.05, 0) is 25.0 Å². The molecule has 0 radical (unpaired) electrons. The van der Waals surface area contributed by atoms with Gasteiger partial charge in [-0.1, -0.05) is 0 Å². The Balaban J connectivity index is 2.06. The molecule has 1 atom stereocenters. The van der Waals surface area contributed by atoms with Crippen molar-refractivity contribution in [3.63, 3.8) is 0 Å². The number of nitrogens with zero attached hydrogens (tertiary/aromatic N) is 2. The van der Waals surface area contributed by atoms with Crippen LogP contribution >= 0.6 is 0 Å². The second-order valence-corrected chi connectivity index (χ2v) is 3.78. The molecule has 1 aromatic heterocycles. The Kier molecular flexibility index (Phi) is 3.16. The number of methoxy groups -OCH3 is 1. The summed E-state index contributed by atoms with van der Waals surface area (Å²) in [5, 5.41) is 0. The lowest BCUT2D eigenvalue weighted by atomic mass is 10.1. The van der Waals surface area contributed by atoms with E-state index in [0.717, 1.165) is 31.7 Å². The van der Waals surface area contributed by atoms with Gasteiger partial charge in [0, 0.05) is 20.2 Å². The highest BCUT2D eigenvalue weighted by atomic mass is 19.1. The molecule has 3 nitrogen and oxygen atoms in total. The maximum Gasteiger partial charge on any atom is 0.141 e. The quantitative estimate of drug-likeness (QED) is 0.744. The van der Waals surface area contributed by atoms with Crippen molar-refractivity contribution < 1.29 is 9.13 Å². The topological polar surface area (TPSA) is 25.4 Å². The van der Waals surface area contributed by atoms with Crippen molar-refractivity contribution in [2.24, 2.45) is 0 Å². The van der Waals surface area contributed by atoms with Crippen LogP contribution in [0.15, 0.2) is 18.3 Å². The first kappa shape index (κ1) is 10.4. The molecular weight excluding hydrogens is 195 g/mol. The third-order valence-electron chi connectivity index (χ3n) is 2.75. The van der Waals surface area contributed by atoms with E-state index in [2.05, 4.69) is 9.88 Å². The number of anilines is 1. The normalized spacial score (nSPS) is 21.7. The first-order valence-electron chi connectivity index (χ1n) is 5.19. The summed E-state index contributed by atoms with van der Waals surface area (Å²) in [7, 11) is 1.73. The van der Waals surface area contributed by atoms with Crippen LogP contribution in [0.5, 0.6) is 0 Å². The minimum Gasteiger partial charge on any atom is -0.380 e. The Morgan fingerprint density at radius 2 is 2.40 bits per heavy atom. The molecule has 0 aliphatic carbocycles. The molecule has 0 saturated carbocycles. The van der Waals surface area contributed by atoms with Crippen LogP contribution in [0.3, 0.4) is 0 Å². The lowest BCUT2D eigenvalue weighted by molar-refractivity contribution is 0.0891. The fourth-order valence-corrected chi connectivity index (χ4v) is 1.89. The number of pyridine rings is 1. The van der Waals surface area contributed by atoms with Crippen molar-refractivity contribution in [3.05, 3.63) is 24.1 Å². The van der Waals surface area contributed by atoms with Gasteiger partial charge in [-0.15, -0.1) is 0 Å². The van der Waals surface area contributed by atoms with Gasteiger partial charge in [0.1, 0.15) is 11.6 Å². The zero-order valence-electron chi connectivity index (χ0n) is 8.82. The summed E-state index contributed by atoms with van der Waals surface area (Å²) >= 11 is 0. The molecule has 0 N–H and O–H groups in total. The third kappa shape index (κ3) is 2.45. The maximum absolute atomic E-state index is 12.7. The monoisotopic (exact) mass is 210 g/mol. The Morgan fingerprint density at radius 1 is 1.53 bits per heavy atom. The molecule has 1 aromatic rings. The van der Waals surface area contributed by atoms with E-state index in [0.29, 0.717) is 0 Å². The summed E-state index contributed by atoms with van der Waals surface area (Å²) < 4.78 is 18.0. The van der Waals surface area contributed by atoms with Crippen LogP contribution in [0.4, 0.5) is 10.2 Å². The highest BCUT2D eigenvalue weighted by Gasteiger charge is 2.20. The molecule has 0 spiro atoms. The number of halogens is 1. The van der Waals surface area contributed by atoms with Gasteiger partial charge in [-0.3, -0.25) is 0 Å². The van der Waals surface area contributed by atoms with E-state index < -0.39 is 0 Å². The van der Waals surface area contributed by atoms with Crippen LogP contribution in [-0.2, 0) is 4.74 Å². The van der Waals surface area contributed by atoms with Crippen molar-refractivity contribution >= 4 is 5.82 Å². The first-order chi connectivity index (χ1) is 7.29. The van der Waals surface area contributed by atoms with E-state index in [9.17, 15) is 4.39 Å². The predicted molar refractivity (Wildman–Crippen MR) is 56.4 cm³/mol. The van der Waals surface area contributed by atoms with Gasteiger partial charge in [0.2, 0.25) is 0 Å². The zero-order valence-corrected chi connectivity index (χ0v) is 8.82. The molecular formula is C11H15FN2O. The number of ether oxygens (including phenoxy) is 1. The fraction of sp³-hybridized carbons (Fsp3) is 0.545. The van der Waals surface area contributed by atoms with Gasteiger partial charge in [-0.2, -0.15) is 0 Å². The predicted octanol–water partition coefficient (Wildman–Crippen LogP) is 1.84. The maximum atomic E-state index is 12.7. The average Bonchev–Trinajstić information content (AvgIpc) is 2.30. The molecule has 0 bridgehead atoms. The molecule has 2 rings (SSSR count). The summed E-state index contributed by atoms with van der Waals surface area (Å²) in [4.78, 5) is 6.20. The van der Waals surface area contributed by atoms with Crippen LogP contribution in [-0.4, -0.2) is 31.3 Å². The van der Waals surface area contributed by atoms with Crippen LogP contribution in [0.2, 0.25) is 0 Å². The third-order valence-corrected chi connectivity index (χ3v) is 2.75. The Morgan fingerprint density at radius 3 is 3.07 bits per heavy atom. The highest BCUT2D eigenvalue weighted by molar-refractivity contribution is 5.38. The molecule has 0 unspecified atom stereocenters. The average molecular weight is 210 g/mol. The van der Waals surface area contributed by atoms with Gasteiger partial charge in [0.15, 0.2) is 0 Å². The number of rotatable bonds is 2. The number of aromatic nitrogens is 1. The highest BCUT2D eigenvalue weighted by Crippen LogP contribution is 2.18. The van der Waals surface area contributed by atoms with Gasteiger partial charge in [-0.25, -0.2) is 9.37 Å². The van der Waals surface area contributed by atoms with Crippen LogP contribution < -0.4 is 4.90 Å². The summed E-state index contributed by atoms with van der Waals surface area (Å²) in [6.07, 6.45) is 3.71. The van der Waals surface area contributed by atoms with Crippen LogP contribution in [0.1, 0.15) is 12.8 Å². The number of hydrogen-bond acceptors (Lipinski definition) is 3. The molecule has 1 aliphatic rings. The fourth-order valence-electron chi connectivity index (χ4n) is 1.89. The van der Waals surface area contributed by atoms with E-state index >= 15 is 0 Å². The molecule has 1 saturated heterocycles. The smallest absolute Gasteiger partial charge is 0.141 e. The second-order valence-electron chi connectivity index (χ2n) is 3.78. The molecule has 1 fully saturated rings. The Hall–Kier alpha value is -1.16. The largest absolute Gasteiger partial charge is 0.380 e. The standard InChI is InChI=1S/C11H15FN2O/c1-15-10-3-2-6-14(8-10)11-5-4-9(12)7-13-11/h4-5,7,10H,2-3,6,8H2,1H3/t10-/m0/s1. The van der Waals surface area contributed by atoms with E-state index in [-0.39, 0.29) is 11.9 Å². The first-order valence-corrected chi connectivity index (χ1v) is 5.19. The SMILES string of the molecule is CO[C@H]1CCCN(c2ccc(F)cn2)C1. The van der Waals surface area contributed by atoms with Crippen molar-refractivity contribution in [1.29, 1.82) is 0 Å². The molecule has 4 heteroatoms. The van der Waals surface area contributed by atoms with E-state index in [1.807, 2.05) is 0 Å². The summed E-state index contributed by atoms with van der Waals surface area (Å²) in [5.41, 5.74) is 0. The van der Waals surface area contributed by atoms with Crippen LogP contribution in [0, 0.1) is 5.82 Å². The van der Waals surface area contributed by atoms with E-state index in [4.69, 9.17) is 4.74 Å². The Labute approximate surface area is 88.9 Å². The molecule has 15 heavy (non-hydrogen) atoms. The van der Waals surface area contributed by atoms with Crippen molar-refractivity contribution in [1.82, 2.24) is 4.98 Å². The summed E-state index contributed by atoms with van der Waals surface area (Å²) in [6.45, 7) is 1.81. The zero-order chi connectivity index (χ0) is 10.7. The Bertz CT molecular complexity index is 315. The molecule has 0 amide bonds. The van der Waals surface area contributed by atoms with Crippen molar-refractivity contribution in [3.8, 4) is 0 Å². The second kappa shape index (κ2) is 4.57. The van der Waals surface area contributed by atoms with Gasteiger partial charge in [0.05, 0.1) is 12.3 Å². The summed E-state index contributed by atoms with van der Waals surface area (Å²) in [6, 6.07) is 3.16. The minimum atomic E-state index is -0.293. The van der Waals surface area contributed by atoms with Gasteiger partial charge in [0.25, 0.3) is 0 Å². The molecule has 82 valence electrons. The van der Waals surface area contributed by atoms with Crippen molar-refractivity contribution in [2.45, 2.75) is 18.9 Å². The van der Waals surface area contributed by atoms with Crippen molar-refractivity contribution in [2.75, 3.05) is 25.1 Å². The van der Waals surface area contributed by atoms with E-state index in [1.54, 1.807) is 13.2 Å². The number of hydrogen-bond donors (Lipinski definition) is 0. The molecule has 2 heterocycles. The van der Waals surface area contributed by atoms with E-state index in [1.165, 1.54) is 12.3 Å². The van der Waals surface area contributed by atoms with Crippen LogP contribution in [0.25, 0.3) is 0 Å². The molecule has 0 aromatic carbocycles. The van der Waals surface area contributed by atoms with Gasteiger partial charge >= 0.3 is 0 Å². The number of piperidine rings is 1. The molecule has 1 aliphatic heterocycles. The lowest BCUT2D eigenvalue weighted by Crippen LogP contribution is -2.39.